The molecule has 0 aromatic carbocycles. The van der Waals surface area contributed by atoms with Crippen LogP contribution in [-0.4, -0.2) is 65.2 Å². The maximum absolute atomic E-state index is 12.9. The first-order valence-corrected chi connectivity index (χ1v) is 10.3. The number of nitrogens with one attached hydrogen (secondary N) is 1. The van der Waals surface area contributed by atoms with E-state index in [-0.39, 0.29) is 35.6 Å². The molecule has 1 aliphatic carbocycles. The molecule has 1 aromatic rings. The van der Waals surface area contributed by atoms with Crippen molar-refractivity contribution in [3.63, 3.8) is 0 Å². The number of ether oxygens (including phenoxy) is 1. The molecule has 1 saturated heterocycles. The zero-order valence-corrected chi connectivity index (χ0v) is 17.2. The Morgan fingerprint density at radius 3 is 2.64 bits per heavy atom. The minimum absolute atomic E-state index is 0.0398. The average molecular weight is 393 g/mol. The van der Waals surface area contributed by atoms with Crippen LogP contribution in [0.25, 0.3) is 0 Å². The second-order valence-corrected chi connectivity index (χ2v) is 8.56. The molecular formula is C20H32N4O4. The van der Waals surface area contributed by atoms with Gasteiger partial charge < -0.3 is 19.4 Å². The van der Waals surface area contributed by atoms with Crippen molar-refractivity contribution in [2.24, 2.45) is 0 Å². The molecule has 8 nitrogen and oxygen atoms in total. The van der Waals surface area contributed by atoms with Gasteiger partial charge in [-0.1, -0.05) is 19.3 Å². The summed E-state index contributed by atoms with van der Waals surface area (Å²) in [7, 11) is 1.63. The summed E-state index contributed by atoms with van der Waals surface area (Å²) in [4.78, 5) is 27.3. The fraction of sp³-hybridized carbons (Fsp3) is 0.800. The fourth-order valence-corrected chi connectivity index (χ4v) is 4.16. The van der Waals surface area contributed by atoms with Crippen molar-refractivity contribution < 1.29 is 18.7 Å². The second kappa shape index (κ2) is 9.13. The van der Waals surface area contributed by atoms with Crippen molar-refractivity contribution in [3.8, 4) is 0 Å². The SMILES string of the molecule is COCC(C)(C)NCC(=O)N1CCCC1C(=O)c1nnc(C2CCCCC2)o1. The Kier molecular flexibility index (Phi) is 6.82. The molecule has 1 aliphatic heterocycles. The van der Waals surface area contributed by atoms with Crippen LogP contribution in [0.5, 0.6) is 0 Å². The smallest absolute Gasteiger partial charge is 0.286 e. The molecule has 1 unspecified atom stereocenters. The van der Waals surface area contributed by atoms with E-state index in [9.17, 15) is 9.59 Å². The topological polar surface area (TPSA) is 97.6 Å². The van der Waals surface area contributed by atoms with Gasteiger partial charge in [0.15, 0.2) is 0 Å². The molecule has 1 aromatic heterocycles. The van der Waals surface area contributed by atoms with Crippen molar-refractivity contribution in [3.05, 3.63) is 11.8 Å². The first kappa shape index (κ1) is 20.9. The quantitative estimate of drug-likeness (QED) is 0.678. The molecule has 3 rings (SSSR count). The second-order valence-electron chi connectivity index (χ2n) is 8.56. The number of rotatable bonds is 8. The number of methoxy groups -OCH3 is 1. The van der Waals surface area contributed by atoms with E-state index in [1.807, 2.05) is 13.8 Å². The zero-order valence-electron chi connectivity index (χ0n) is 17.2. The number of likely N-dealkylation sites (tertiary alicyclic amines) is 1. The summed E-state index contributed by atoms with van der Waals surface area (Å²) in [5.74, 6) is 0.541. The van der Waals surface area contributed by atoms with Gasteiger partial charge in [0, 0.05) is 25.1 Å². The minimum atomic E-state index is -0.514. The van der Waals surface area contributed by atoms with Crippen molar-refractivity contribution in [2.75, 3.05) is 26.8 Å². The number of nitrogens with zero attached hydrogens (tertiary/aromatic N) is 3. The van der Waals surface area contributed by atoms with Crippen LogP contribution in [0.2, 0.25) is 0 Å². The van der Waals surface area contributed by atoms with Gasteiger partial charge in [0.2, 0.25) is 17.6 Å². The lowest BCUT2D eigenvalue weighted by Gasteiger charge is -2.28. The molecule has 2 heterocycles. The van der Waals surface area contributed by atoms with Crippen LogP contribution in [0, 0.1) is 0 Å². The van der Waals surface area contributed by atoms with Crippen LogP contribution in [0.4, 0.5) is 0 Å². The van der Waals surface area contributed by atoms with E-state index in [4.69, 9.17) is 9.15 Å². The lowest BCUT2D eigenvalue weighted by atomic mass is 9.89. The Hall–Kier alpha value is -1.80. The highest BCUT2D eigenvalue weighted by molar-refractivity contribution is 5.98. The summed E-state index contributed by atoms with van der Waals surface area (Å²) in [6.07, 6.45) is 7.06. The van der Waals surface area contributed by atoms with Crippen LogP contribution in [0.15, 0.2) is 4.42 Å². The van der Waals surface area contributed by atoms with Crippen LogP contribution in [0.3, 0.4) is 0 Å². The van der Waals surface area contributed by atoms with Gasteiger partial charge in [-0.15, -0.1) is 10.2 Å². The van der Waals surface area contributed by atoms with Crippen molar-refractivity contribution in [1.29, 1.82) is 0 Å². The first-order chi connectivity index (χ1) is 13.4. The molecule has 0 spiro atoms. The maximum atomic E-state index is 12.9. The van der Waals surface area contributed by atoms with Crippen LogP contribution in [0.1, 0.15) is 81.3 Å². The number of hydrogen-bond donors (Lipinski definition) is 1. The number of carbonyl (C=O) groups is 2. The first-order valence-electron chi connectivity index (χ1n) is 10.3. The summed E-state index contributed by atoms with van der Waals surface area (Å²) in [6, 6.07) is -0.514. The van der Waals surface area contributed by atoms with Gasteiger partial charge in [-0.3, -0.25) is 9.59 Å². The standard InChI is InChI=1S/C20H32N4O4/c1-20(2,13-27-3)21-12-16(25)24-11-7-10-15(24)17(26)19-23-22-18(28-19)14-8-5-4-6-9-14/h14-15,21H,4-13H2,1-3H3. The van der Waals surface area contributed by atoms with Gasteiger partial charge in [-0.25, -0.2) is 0 Å². The largest absolute Gasteiger partial charge is 0.418 e. The average Bonchev–Trinajstić information content (AvgIpc) is 3.36. The molecular weight excluding hydrogens is 360 g/mol. The Morgan fingerprint density at radius 1 is 1.18 bits per heavy atom. The van der Waals surface area contributed by atoms with Gasteiger partial charge >= 0.3 is 0 Å². The Balaban J connectivity index is 1.61. The number of aromatic nitrogens is 2. The lowest BCUT2D eigenvalue weighted by molar-refractivity contribution is -0.130. The van der Waals surface area contributed by atoms with E-state index < -0.39 is 6.04 Å². The van der Waals surface area contributed by atoms with E-state index in [0.29, 0.717) is 25.5 Å². The van der Waals surface area contributed by atoms with E-state index in [1.165, 1.54) is 6.42 Å². The highest BCUT2D eigenvalue weighted by Gasteiger charge is 2.37. The minimum Gasteiger partial charge on any atom is -0.418 e. The highest BCUT2D eigenvalue weighted by Crippen LogP contribution is 2.32. The van der Waals surface area contributed by atoms with Gasteiger partial charge in [-0.2, -0.15) is 0 Å². The summed E-state index contributed by atoms with van der Waals surface area (Å²) < 4.78 is 10.9. The molecule has 2 aliphatic rings. The number of ketones is 1. The molecule has 0 radical (unpaired) electrons. The number of Topliss-reactive ketones (excluding diaryl/α,β-unsaturated/α-hetero) is 1. The summed E-state index contributed by atoms with van der Waals surface area (Å²) in [6.45, 7) is 5.18. The maximum Gasteiger partial charge on any atom is 0.286 e. The van der Waals surface area contributed by atoms with Crippen LogP contribution >= 0.6 is 0 Å². The molecule has 28 heavy (non-hydrogen) atoms. The van der Waals surface area contributed by atoms with Gasteiger partial charge in [0.05, 0.1) is 13.2 Å². The molecule has 0 bridgehead atoms. The Bertz CT molecular complexity index is 682. The monoisotopic (exact) mass is 392 g/mol. The van der Waals surface area contributed by atoms with Crippen molar-refractivity contribution >= 4 is 11.7 Å². The Morgan fingerprint density at radius 2 is 1.93 bits per heavy atom. The third-order valence-electron chi connectivity index (χ3n) is 5.70. The number of amides is 1. The molecule has 1 N–H and O–H groups in total. The van der Waals surface area contributed by atoms with Gasteiger partial charge in [0.1, 0.15) is 6.04 Å². The predicted molar refractivity (Wildman–Crippen MR) is 103 cm³/mol. The summed E-state index contributed by atoms with van der Waals surface area (Å²) >= 11 is 0. The van der Waals surface area contributed by atoms with Gasteiger partial charge in [0.25, 0.3) is 5.89 Å². The van der Waals surface area contributed by atoms with E-state index >= 15 is 0 Å². The molecule has 1 saturated carbocycles. The van der Waals surface area contributed by atoms with Crippen LogP contribution in [-0.2, 0) is 9.53 Å². The third-order valence-corrected chi connectivity index (χ3v) is 5.70. The summed E-state index contributed by atoms with van der Waals surface area (Å²) in [5.41, 5.74) is -0.314. The third kappa shape index (κ3) is 4.97. The predicted octanol–water partition coefficient (Wildman–Crippen LogP) is 2.31. The molecule has 156 valence electrons. The fourth-order valence-electron chi connectivity index (χ4n) is 4.16. The van der Waals surface area contributed by atoms with E-state index in [2.05, 4.69) is 15.5 Å². The molecule has 8 heteroatoms. The normalized spacial score (nSPS) is 21.2. The van der Waals surface area contributed by atoms with Crippen LogP contribution < -0.4 is 5.32 Å². The number of carbonyl (C=O) groups excluding carboxylic acids is 2. The molecule has 1 amide bonds. The lowest BCUT2D eigenvalue weighted by Crippen LogP contribution is -2.50. The van der Waals surface area contributed by atoms with E-state index in [1.54, 1.807) is 12.0 Å². The van der Waals surface area contributed by atoms with Crippen molar-refractivity contribution in [1.82, 2.24) is 20.4 Å². The number of hydrogen-bond acceptors (Lipinski definition) is 7. The molecule has 2 fully saturated rings. The highest BCUT2D eigenvalue weighted by atomic mass is 16.5. The van der Waals surface area contributed by atoms with Crippen molar-refractivity contribution in [2.45, 2.75) is 76.3 Å². The van der Waals surface area contributed by atoms with E-state index in [0.717, 1.165) is 32.1 Å². The summed E-state index contributed by atoms with van der Waals surface area (Å²) in [5, 5.41) is 11.3. The Labute approximate surface area is 166 Å². The van der Waals surface area contributed by atoms with Gasteiger partial charge in [-0.05, 0) is 39.5 Å². The molecule has 1 atom stereocenters. The zero-order chi connectivity index (χ0) is 20.1.